The van der Waals surface area contributed by atoms with E-state index in [1.54, 1.807) is 11.3 Å². The van der Waals surface area contributed by atoms with Crippen LogP contribution in [0.4, 0.5) is 0 Å². The molecule has 4 aromatic heterocycles. The fourth-order valence-electron chi connectivity index (χ4n) is 2.43. The lowest BCUT2D eigenvalue weighted by molar-refractivity contribution is 0.399. The molecule has 4 heterocycles. The molecule has 0 aromatic carbocycles. The molecule has 0 spiro atoms. The third-order valence-corrected chi connectivity index (χ3v) is 6.06. The van der Waals surface area contributed by atoms with Gasteiger partial charge in [-0.2, -0.15) is 0 Å². The Bertz CT molecular complexity index is 1060. The highest BCUT2D eigenvalue weighted by Gasteiger charge is 2.25. The average molecular weight is 391 g/mol. The minimum absolute atomic E-state index is 0.195. The summed E-state index contributed by atoms with van der Waals surface area (Å²) in [6, 6.07) is 3.95. The molecular weight excluding hydrogens is 376 g/mol. The molecule has 0 N–H and O–H groups in total. The second-order valence-corrected chi connectivity index (χ2v) is 9.02. The summed E-state index contributed by atoms with van der Waals surface area (Å²) < 4.78 is 5.89. The molecule has 0 atom stereocenters. The molecule has 0 unspecified atom stereocenters. The Hall–Kier alpha value is -1.83. The van der Waals surface area contributed by atoms with Crippen molar-refractivity contribution in [3.05, 3.63) is 34.1 Å². The van der Waals surface area contributed by atoms with Gasteiger partial charge in [0.1, 0.15) is 9.98 Å². The molecule has 128 valence electrons. The zero-order chi connectivity index (χ0) is 17.8. The van der Waals surface area contributed by atoms with E-state index < -0.39 is 0 Å². The molecule has 0 radical (unpaired) electrons. The lowest BCUT2D eigenvalue weighted by Gasteiger charge is -2.10. The first-order valence-corrected chi connectivity index (χ1v) is 9.77. The Morgan fingerprint density at radius 2 is 1.96 bits per heavy atom. The Kier molecular flexibility index (Phi) is 3.90. The highest BCUT2D eigenvalue weighted by Crippen LogP contribution is 2.41. The van der Waals surface area contributed by atoms with E-state index >= 15 is 0 Å². The van der Waals surface area contributed by atoms with Crippen molar-refractivity contribution in [3.8, 4) is 21.5 Å². The maximum atomic E-state index is 6.46. The van der Waals surface area contributed by atoms with E-state index in [2.05, 4.69) is 20.2 Å². The van der Waals surface area contributed by atoms with Crippen LogP contribution < -0.4 is 0 Å². The van der Waals surface area contributed by atoms with Crippen LogP contribution in [0.15, 0.2) is 21.9 Å². The summed E-state index contributed by atoms with van der Waals surface area (Å²) in [5, 5.41) is 11.7. The summed E-state index contributed by atoms with van der Waals surface area (Å²) in [6.07, 6.45) is 0. The topological polar surface area (TPSA) is 64.7 Å². The summed E-state index contributed by atoms with van der Waals surface area (Å²) in [4.78, 5) is 11.8. The van der Waals surface area contributed by atoms with Crippen molar-refractivity contribution < 1.29 is 4.42 Å². The first-order valence-electron chi connectivity index (χ1n) is 7.69. The second kappa shape index (κ2) is 5.86. The van der Waals surface area contributed by atoms with Crippen molar-refractivity contribution in [2.75, 3.05) is 0 Å². The van der Waals surface area contributed by atoms with E-state index in [0.29, 0.717) is 22.8 Å². The summed E-state index contributed by atoms with van der Waals surface area (Å²) >= 11 is 9.54. The Labute approximate surface area is 157 Å². The summed E-state index contributed by atoms with van der Waals surface area (Å²) in [5.74, 6) is 1.75. The number of fused-ring (bicyclic) bond motifs is 1. The van der Waals surface area contributed by atoms with Gasteiger partial charge in [0, 0.05) is 5.41 Å². The van der Waals surface area contributed by atoms with Gasteiger partial charge in [-0.3, -0.25) is 0 Å². The molecule has 4 aromatic rings. The van der Waals surface area contributed by atoms with Crippen LogP contribution in [0, 0.1) is 6.92 Å². The van der Waals surface area contributed by atoms with E-state index in [4.69, 9.17) is 16.0 Å². The molecule has 8 heteroatoms. The van der Waals surface area contributed by atoms with Gasteiger partial charge in [-0.05, 0) is 23.9 Å². The van der Waals surface area contributed by atoms with Gasteiger partial charge in [-0.25, -0.2) is 9.97 Å². The number of halogens is 1. The molecule has 0 amide bonds. The number of aromatic nitrogens is 4. The number of thiophene rings is 2. The van der Waals surface area contributed by atoms with Crippen molar-refractivity contribution in [2.24, 2.45) is 0 Å². The monoisotopic (exact) mass is 390 g/mol. The smallest absolute Gasteiger partial charge is 0.258 e. The lowest BCUT2D eigenvalue weighted by Crippen LogP contribution is -2.11. The standard InChI is InChI=1S/C17H15ClN4OS2/c1-8-10-12(18)19-13(9-6-5-7-24-9)20-15(10)25-11(8)14-21-22-16(23-14)17(2,3)4/h5-7H,1-4H3. The van der Waals surface area contributed by atoms with Gasteiger partial charge < -0.3 is 4.42 Å². The minimum atomic E-state index is -0.195. The summed E-state index contributed by atoms with van der Waals surface area (Å²) in [5.41, 5.74) is 0.770. The second-order valence-electron chi connectivity index (χ2n) is 6.71. The highest BCUT2D eigenvalue weighted by molar-refractivity contribution is 7.22. The number of aryl methyl sites for hydroxylation is 1. The third-order valence-electron chi connectivity index (χ3n) is 3.75. The van der Waals surface area contributed by atoms with Crippen molar-refractivity contribution >= 4 is 44.5 Å². The van der Waals surface area contributed by atoms with Gasteiger partial charge in [0.2, 0.25) is 5.89 Å². The van der Waals surface area contributed by atoms with Gasteiger partial charge in [0.15, 0.2) is 5.82 Å². The van der Waals surface area contributed by atoms with E-state index in [0.717, 1.165) is 25.5 Å². The fourth-order valence-corrected chi connectivity index (χ4v) is 4.56. The molecule has 0 saturated heterocycles. The van der Waals surface area contributed by atoms with Gasteiger partial charge in [-0.15, -0.1) is 32.9 Å². The Morgan fingerprint density at radius 1 is 1.16 bits per heavy atom. The van der Waals surface area contributed by atoms with E-state index in [1.165, 1.54) is 11.3 Å². The van der Waals surface area contributed by atoms with Crippen molar-refractivity contribution in [3.63, 3.8) is 0 Å². The van der Waals surface area contributed by atoms with Gasteiger partial charge in [0.05, 0.1) is 15.1 Å². The van der Waals surface area contributed by atoms with Crippen LogP contribution in [0.2, 0.25) is 5.15 Å². The predicted molar refractivity (Wildman–Crippen MR) is 102 cm³/mol. The van der Waals surface area contributed by atoms with Crippen LogP contribution in [0.3, 0.4) is 0 Å². The number of nitrogens with zero attached hydrogens (tertiary/aromatic N) is 4. The van der Waals surface area contributed by atoms with Crippen molar-refractivity contribution in [2.45, 2.75) is 33.1 Å². The average Bonchev–Trinajstić information content (AvgIpc) is 3.25. The number of hydrogen-bond acceptors (Lipinski definition) is 7. The molecule has 0 aliphatic rings. The van der Waals surface area contributed by atoms with E-state index in [9.17, 15) is 0 Å². The van der Waals surface area contributed by atoms with Gasteiger partial charge >= 0.3 is 0 Å². The molecular formula is C17H15ClN4OS2. The zero-order valence-electron chi connectivity index (χ0n) is 14.1. The van der Waals surface area contributed by atoms with Crippen LogP contribution in [-0.4, -0.2) is 20.2 Å². The quantitative estimate of drug-likeness (QED) is 0.409. The molecule has 0 saturated carbocycles. The van der Waals surface area contributed by atoms with Crippen LogP contribution >= 0.6 is 34.3 Å². The highest BCUT2D eigenvalue weighted by atomic mass is 35.5. The molecule has 5 nitrogen and oxygen atoms in total. The van der Waals surface area contributed by atoms with Gasteiger partial charge in [-0.1, -0.05) is 38.4 Å². The summed E-state index contributed by atoms with van der Waals surface area (Å²) in [6.45, 7) is 8.10. The Balaban J connectivity index is 1.87. The minimum Gasteiger partial charge on any atom is -0.419 e. The van der Waals surface area contributed by atoms with Gasteiger partial charge in [0.25, 0.3) is 5.89 Å². The molecule has 0 fully saturated rings. The Morgan fingerprint density at radius 3 is 2.60 bits per heavy atom. The van der Waals surface area contributed by atoms with Crippen LogP contribution in [0.25, 0.3) is 31.7 Å². The number of hydrogen-bond donors (Lipinski definition) is 0. The van der Waals surface area contributed by atoms with Crippen LogP contribution in [-0.2, 0) is 5.41 Å². The molecule has 0 aliphatic heterocycles. The lowest BCUT2D eigenvalue weighted by atomic mass is 9.97. The fraction of sp³-hybridized carbons (Fsp3) is 0.294. The molecule has 0 bridgehead atoms. The normalized spacial score (nSPS) is 12.2. The van der Waals surface area contributed by atoms with E-state index in [1.807, 2.05) is 45.2 Å². The van der Waals surface area contributed by atoms with E-state index in [-0.39, 0.29) is 5.41 Å². The maximum absolute atomic E-state index is 6.46. The largest absolute Gasteiger partial charge is 0.419 e. The van der Waals surface area contributed by atoms with Crippen LogP contribution in [0.5, 0.6) is 0 Å². The first kappa shape index (κ1) is 16.6. The van der Waals surface area contributed by atoms with Crippen LogP contribution in [0.1, 0.15) is 32.2 Å². The maximum Gasteiger partial charge on any atom is 0.258 e. The molecule has 0 aliphatic carbocycles. The molecule has 4 rings (SSSR count). The summed E-state index contributed by atoms with van der Waals surface area (Å²) in [7, 11) is 0. The number of rotatable bonds is 2. The molecule has 25 heavy (non-hydrogen) atoms. The third kappa shape index (κ3) is 2.86. The van der Waals surface area contributed by atoms with Crippen molar-refractivity contribution in [1.82, 2.24) is 20.2 Å². The zero-order valence-corrected chi connectivity index (χ0v) is 16.5. The SMILES string of the molecule is Cc1c(-c2nnc(C(C)(C)C)o2)sc2nc(-c3cccs3)nc(Cl)c12. The predicted octanol–water partition coefficient (Wildman–Crippen LogP) is 5.73. The first-order chi connectivity index (χ1) is 11.8. The van der Waals surface area contributed by atoms with Crippen molar-refractivity contribution in [1.29, 1.82) is 0 Å².